The second-order valence-electron chi connectivity index (χ2n) is 4.38. The van der Waals surface area contributed by atoms with Crippen LogP contribution in [0.2, 0.25) is 0 Å². The molecular weight excluding hydrogens is 250 g/mol. The van der Waals surface area contributed by atoms with Crippen molar-refractivity contribution >= 4 is 17.3 Å². The van der Waals surface area contributed by atoms with E-state index in [0.29, 0.717) is 13.2 Å². The minimum Gasteiger partial charge on any atom is -0.393 e. The first-order valence-electron chi connectivity index (χ1n) is 6.01. The highest BCUT2D eigenvalue weighted by atomic mass is 16.6. The van der Waals surface area contributed by atoms with E-state index in [9.17, 15) is 14.9 Å². The summed E-state index contributed by atoms with van der Waals surface area (Å²) in [5, 5.41) is 13.4. The predicted molar refractivity (Wildman–Crippen MR) is 68.8 cm³/mol. The Morgan fingerprint density at radius 3 is 3.00 bits per heavy atom. The van der Waals surface area contributed by atoms with Crippen LogP contribution in [0.15, 0.2) is 18.2 Å². The molecule has 0 bridgehead atoms. The number of hydrogen-bond acceptors (Lipinski definition) is 5. The summed E-state index contributed by atoms with van der Waals surface area (Å²) < 4.78 is 5.38. The summed E-state index contributed by atoms with van der Waals surface area (Å²) in [5.74, 6) is -0.362. The topological polar surface area (TPSA) is 107 Å². The number of carbonyl (C=O) groups excluding carboxylic acids is 1. The third-order valence-electron chi connectivity index (χ3n) is 3.00. The van der Waals surface area contributed by atoms with Gasteiger partial charge in [-0.2, -0.15) is 0 Å². The van der Waals surface area contributed by atoms with E-state index < -0.39 is 4.92 Å². The molecule has 1 amide bonds. The maximum atomic E-state index is 11.9. The Kier molecular flexibility index (Phi) is 3.96. The van der Waals surface area contributed by atoms with Crippen molar-refractivity contribution in [3.8, 4) is 0 Å². The van der Waals surface area contributed by atoms with Crippen LogP contribution in [0.25, 0.3) is 0 Å². The molecule has 7 nitrogen and oxygen atoms in total. The molecular formula is C12H15N3O4. The molecule has 0 unspecified atom stereocenters. The Morgan fingerprint density at radius 2 is 2.37 bits per heavy atom. The number of nitrogens with one attached hydrogen (secondary N) is 1. The monoisotopic (exact) mass is 265 g/mol. The lowest BCUT2D eigenvalue weighted by atomic mass is 10.1. The molecule has 1 aliphatic rings. The molecule has 0 aliphatic carbocycles. The fraction of sp³-hybridized carbons (Fsp3) is 0.417. The normalized spacial score (nSPS) is 18.2. The lowest BCUT2D eigenvalue weighted by Gasteiger charge is -2.10. The zero-order valence-electron chi connectivity index (χ0n) is 10.3. The van der Waals surface area contributed by atoms with Gasteiger partial charge in [-0.3, -0.25) is 14.9 Å². The summed E-state index contributed by atoms with van der Waals surface area (Å²) >= 11 is 0. The van der Waals surface area contributed by atoms with Crippen LogP contribution in [0.3, 0.4) is 0 Å². The Morgan fingerprint density at radius 1 is 1.58 bits per heavy atom. The number of benzene rings is 1. The van der Waals surface area contributed by atoms with Gasteiger partial charge in [0.05, 0.1) is 11.0 Å². The first-order valence-corrected chi connectivity index (χ1v) is 6.01. The number of anilines is 1. The number of nitro groups is 1. The van der Waals surface area contributed by atoms with Crippen LogP contribution in [0.5, 0.6) is 0 Å². The molecule has 0 spiro atoms. The van der Waals surface area contributed by atoms with E-state index in [1.807, 2.05) is 0 Å². The van der Waals surface area contributed by atoms with E-state index in [-0.39, 0.29) is 28.9 Å². The highest BCUT2D eigenvalue weighted by molar-refractivity contribution is 5.95. The summed E-state index contributed by atoms with van der Waals surface area (Å²) in [6, 6.07) is 4.01. The molecule has 0 aromatic heterocycles. The third-order valence-corrected chi connectivity index (χ3v) is 3.00. The molecule has 102 valence electrons. The molecule has 2 rings (SSSR count). The number of nitrogens with two attached hydrogens (primary N) is 1. The van der Waals surface area contributed by atoms with Gasteiger partial charge in [0.2, 0.25) is 0 Å². The minimum atomic E-state index is -0.605. The van der Waals surface area contributed by atoms with Gasteiger partial charge in [0, 0.05) is 24.8 Å². The molecule has 7 heteroatoms. The molecule has 0 saturated carbocycles. The standard InChI is InChI=1S/C12H15N3O4/c13-10-4-3-8(6-11(10)15(17)18)12(16)14-7-9-2-1-5-19-9/h3-4,6,9H,1-2,5,7,13H2,(H,14,16)/t9-/m1/s1. The Bertz CT molecular complexity index is 498. The molecule has 1 heterocycles. The lowest BCUT2D eigenvalue weighted by Crippen LogP contribution is -2.31. The van der Waals surface area contributed by atoms with Crippen molar-refractivity contribution in [3.63, 3.8) is 0 Å². The summed E-state index contributed by atoms with van der Waals surface area (Å²) in [7, 11) is 0. The smallest absolute Gasteiger partial charge is 0.292 e. The van der Waals surface area contributed by atoms with Gasteiger partial charge in [-0.1, -0.05) is 0 Å². The molecule has 1 fully saturated rings. The van der Waals surface area contributed by atoms with Crippen molar-refractivity contribution in [2.45, 2.75) is 18.9 Å². The van der Waals surface area contributed by atoms with Gasteiger partial charge in [0.25, 0.3) is 11.6 Å². The number of ether oxygens (including phenoxy) is 1. The fourth-order valence-corrected chi connectivity index (χ4v) is 1.96. The number of carbonyl (C=O) groups is 1. The number of hydrogen-bond donors (Lipinski definition) is 2. The van der Waals surface area contributed by atoms with Crippen LogP contribution >= 0.6 is 0 Å². The van der Waals surface area contributed by atoms with E-state index in [2.05, 4.69) is 5.32 Å². The molecule has 1 aromatic carbocycles. The zero-order chi connectivity index (χ0) is 13.8. The minimum absolute atomic E-state index is 0.0349. The van der Waals surface area contributed by atoms with E-state index in [4.69, 9.17) is 10.5 Å². The van der Waals surface area contributed by atoms with Gasteiger partial charge in [-0.05, 0) is 25.0 Å². The second-order valence-corrected chi connectivity index (χ2v) is 4.38. The molecule has 1 aromatic rings. The van der Waals surface area contributed by atoms with Gasteiger partial charge in [-0.25, -0.2) is 0 Å². The van der Waals surface area contributed by atoms with Crippen molar-refractivity contribution in [2.24, 2.45) is 0 Å². The fourth-order valence-electron chi connectivity index (χ4n) is 1.96. The zero-order valence-corrected chi connectivity index (χ0v) is 10.3. The lowest BCUT2D eigenvalue weighted by molar-refractivity contribution is -0.383. The Labute approximate surface area is 109 Å². The summed E-state index contributed by atoms with van der Waals surface area (Å²) in [6.45, 7) is 1.13. The first-order chi connectivity index (χ1) is 9.08. The van der Waals surface area contributed by atoms with Crippen LogP contribution in [-0.2, 0) is 4.74 Å². The van der Waals surface area contributed by atoms with Gasteiger partial charge < -0.3 is 15.8 Å². The van der Waals surface area contributed by atoms with Gasteiger partial charge in [-0.15, -0.1) is 0 Å². The summed E-state index contributed by atoms with van der Waals surface area (Å²) in [4.78, 5) is 22.0. The maximum absolute atomic E-state index is 11.9. The molecule has 1 saturated heterocycles. The number of nitro benzene ring substituents is 1. The summed E-state index contributed by atoms with van der Waals surface area (Å²) in [5.41, 5.74) is 5.47. The number of nitrogens with zero attached hydrogens (tertiary/aromatic N) is 1. The van der Waals surface area contributed by atoms with E-state index in [0.717, 1.165) is 12.8 Å². The quantitative estimate of drug-likeness (QED) is 0.481. The molecule has 0 radical (unpaired) electrons. The highest BCUT2D eigenvalue weighted by Gasteiger charge is 2.18. The predicted octanol–water partition coefficient (Wildman–Crippen LogP) is 1.09. The Hall–Kier alpha value is -2.15. The van der Waals surface area contributed by atoms with Gasteiger partial charge >= 0.3 is 0 Å². The molecule has 1 atom stereocenters. The highest BCUT2D eigenvalue weighted by Crippen LogP contribution is 2.22. The first kappa shape index (κ1) is 13.3. The average Bonchev–Trinajstić information content (AvgIpc) is 2.89. The van der Waals surface area contributed by atoms with E-state index >= 15 is 0 Å². The van der Waals surface area contributed by atoms with Crippen LogP contribution < -0.4 is 11.1 Å². The van der Waals surface area contributed by atoms with Crippen LogP contribution in [0.4, 0.5) is 11.4 Å². The third kappa shape index (κ3) is 3.19. The largest absolute Gasteiger partial charge is 0.393 e. The van der Waals surface area contributed by atoms with Crippen LogP contribution in [0.1, 0.15) is 23.2 Å². The number of nitrogen functional groups attached to an aromatic ring is 1. The average molecular weight is 265 g/mol. The van der Waals surface area contributed by atoms with E-state index in [1.54, 1.807) is 0 Å². The van der Waals surface area contributed by atoms with Crippen LogP contribution in [-0.4, -0.2) is 30.1 Å². The maximum Gasteiger partial charge on any atom is 0.292 e. The van der Waals surface area contributed by atoms with Gasteiger partial charge in [0.1, 0.15) is 5.69 Å². The number of amides is 1. The SMILES string of the molecule is Nc1ccc(C(=O)NC[C@H]2CCCO2)cc1[N+](=O)[O-]. The molecule has 1 aliphatic heterocycles. The van der Waals surface area contributed by atoms with Crippen LogP contribution in [0, 0.1) is 10.1 Å². The van der Waals surface area contributed by atoms with Crippen molar-refractivity contribution in [2.75, 3.05) is 18.9 Å². The molecule has 3 N–H and O–H groups in total. The van der Waals surface area contributed by atoms with E-state index in [1.165, 1.54) is 18.2 Å². The van der Waals surface area contributed by atoms with Crippen molar-refractivity contribution in [1.29, 1.82) is 0 Å². The molecule has 19 heavy (non-hydrogen) atoms. The van der Waals surface area contributed by atoms with Crippen molar-refractivity contribution in [1.82, 2.24) is 5.32 Å². The van der Waals surface area contributed by atoms with Gasteiger partial charge in [0.15, 0.2) is 0 Å². The number of rotatable bonds is 4. The Balaban J connectivity index is 2.02. The second kappa shape index (κ2) is 5.66. The van der Waals surface area contributed by atoms with Crippen molar-refractivity contribution in [3.05, 3.63) is 33.9 Å². The van der Waals surface area contributed by atoms with Crippen molar-refractivity contribution < 1.29 is 14.5 Å². The summed E-state index contributed by atoms with van der Waals surface area (Å²) in [6.07, 6.45) is 1.95.